The minimum atomic E-state index is -1.19. The Labute approximate surface area is 142 Å². The summed E-state index contributed by atoms with van der Waals surface area (Å²) in [5.41, 5.74) is 6.06. The van der Waals surface area contributed by atoms with Crippen LogP contribution < -0.4 is 11.1 Å². The van der Waals surface area contributed by atoms with Crippen molar-refractivity contribution in [3.63, 3.8) is 0 Å². The Hall–Kier alpha value is -2.93. The Morgan fingerprint density at radius 1 is 1.17 bits per heavy atom. The lowest BCUT2D eigenvalue weighted by molar-refractivity contribution is -0.119. The van der Waals surface area contributed by atoms with E-state index in [4.69, 9.17) is 22.4 Å². The monoisotopic (exact) mass is 347 g/mol. The highest BCUT2D eigenvalue weighted by Gasteiger charge is 2.20. The molecule has 4 N–H and O–H groups in total. The van der Waals surface area contributed by atoms with Gasteiger partial charge in [-0.3, -0.25) is 9.59 Å². The first kappa shape index (κ1) is 17.4. The molecule has 2 rings (SSSR count). The van der Waals surface area contributed by atoms with Crippen molar-refractivity contribution in [1.82, 2.24) is 10.3 Å². The number of nitrogens with two attached hydrogens (primary N) is 1. The van der Waals surface area contributed by atoms with E-state index in [-0.39, 0.29) is 17.7 Å². The number of carbonyl (C=O) groups is 3. The minimum absolute atomic E-state index is 0.127. The number of nitrogens with one attached hydrogen (secondary N) is 1. The van der Waals surface area contributed by atoms with Crippen LogP contribution in [0.4, 0.5) is 0 Å². The number of aromatic carboxylic acids is 1. The molecule has 24 heavy (non-hydrogen) atoms. The van der Waals surface area contributed by atoms with Gasteiger partial charge >= 0.3 is 5.97 Å². The number of carboxylic acid groups (broad SMARTS) is 1. The molecule has 0 spiro atoms. The summed E-state index contributed by atoms with van der Waals surface area (Å²) in [6, 6.07) is 8.40. The number of aromatic nitrogens is 1. The molecule has 0 fully saturated rings. The maximum Gasteiger partial charge on any atom is 0.354 e. The van der Waals surface area contributed by atoms with Crippen LogP contribution in [0.5, 0.6) is 0 Å². The third kappa shape index (κ3) is 4.53. The number of halogens is 1. The van der Waals surface area contributed by atoms with Gasteiger partial charge in [0.05, 0.1) is 5.56 Å². The lowest BCUT2D eigenvalue weighted by Crippen LogP contribution is -2.45. The molecule has 2 amide bonds. The zero-order chi connectivity index (χ0) is 17.7. The van der Waals surface area contributed by atoms with Crippen molar-refractivity contribution in [1.29, 1.82) is 0 Å². The first-order valence-corrected chi connectivity index (χ1v) is 7.28. The quantitative estimate of drug-likeness (QED) is 0.726. The average molecular weight is 348 g/mol. The second-order valence-electron chi connectivity index (χ2n) is 5.00. The van der Waals surface area contributed by atoms with Gasteiger partial charge in [-0.05, 0) is 29.8 Å². The minimum Gasteiger partial charge on any atom is -0.477 e. The molecule has 0 radical (unpaired) electrons. The molecule has 0 aliphatic carbocycles. The molecule has 0 bridgehead atoms. The number of hydrogen-bond acceptors (Lipinski definition) is 4. The molecule has 1 heterocycles. The molecule has 0 aliphatic rings. The average Bonchev–Trinajstić information content (AvgIpc) is 2.56. The highest BCUT2D eigenvalue weighted by Crippen LogP contribution is 2.11. The molecule has 124 valence electrons. The Bertz CT molecular complexity index is 760. The standard InChI is InChI=1S/C16H14ClN3O4/c17-11-4-1-9(2-5-11)7-13(14(18)21)20-15(22)10-3-6-12(16(23)24)19-8-10/h1-6,8,13H,7H2,(H2,18,21)(H,20,22)(H,23,24). The number of primary amides is 1. The highest BCUT2D eigenvalue weighted by atomic mass is 35.5. The van der Waals surface area contributed by atoms with E-state index in [0.29, 0.717) is 5.02 Å². The first-order chi connectivity index (χ1) is 11.4. The number of benzene rings is 1. The zero-order valence-corrected chi connectivity index (χ0v) is 13.2. The van der Waals surface area contributed by atoms with Gasteiger partial charge in [-0.1, -0.05) is 23.7 Å². The van der Waals surface area contributed by atoms with E-state index in [0.717, 1.165) is 11.8 Å². The molecule has 2 aromatic rings. The van der Waals surface area contributed by atoms with Crippen LogP contribution >= 0.6 is 11.6 Å². The van der Waals surface area contributed by atoms with Gasteiger partial charge in [-0.2, -0.15) is 0 Å². The van der Waals surface area contributed by atoms with Crippen LogP contribution in [0.15, 0.2) is 42.6 Å². The van der Waals surface area contributed by atoms with Gasteiger partial charge in [0.1, 0.15) is 11.7 Å². The predicted octanol–water partition coefficient (Wildman–Crippen LogP) is 1.26. The van der Waals surface area contributed by atoms with Crippen LogP contribution in [0.2, 0.25) is 5.02 Å². The maximum atomic E-state index is 12.2. The summed E-state index contributed by atoms with van der Waals surface area (Å²) in [5.74, 6) is -2.45. The van der Waals surface area contributed by atoms with E-state index < -0.39 is 23.8 Å². The molecule has 0 aliphatic heterocycles. The van der Waals surface area contributed by atoms with E-state index >= 15 is 0 Å². The number of carboxylic acids is 1. The molecule has 1 aromatic heterocycles. The van der Waals surface area contributed by atoms with Crippen molar-refractivity contribution in [2.75, 3.05) is 0 Å². The number of rotatable bonds is 6. The fourth-order valence-corrected chi connectivity index (χ4v) is 2.10. The fourth-order valence-electron chi connectivity index (χ4n) is 1.98. The summed E-state index contributed by atoms with van der Waals surface area (Å²) < 4.78 is 0. The Morgan fingerprint density at radius 3 is 2.33 bits per heavy atom. The van der Waals surface area contributed by atoms with Crippen LogP contribution in [-0.2, 0) is 11.2 Å². The molecule has 1 aromatic carbocycles. The van der Waals surface area contributed by atoms with Crippen LogP contribution in [0.1, 0.15) is 26.4 Å². The summed E-state index contributed by atoms with van der Waals surface area (Å²) in [4.78, 5) is 38.1. The van der Waals surface area contributed by atoms with Gasteiger partial charge in [-0.25, -0.2) is 9.78 Å². The topological polar surface area (TPSA) is 122 Å². The molecule has 7 nitrogen and oxygen atoms in total. The van der Waals surface area contributed by atoms with E-state index in [1.165, 1.54) is 12.1 Å². The fraction of sp³-hybridized carbons (Fsp3) is 0.125. The molecular weight excluding hydrogens is 334 g/mol. The first-order valence-electron chi connectivity index (χ1n) is 6.91. The van der Waals surface area contributed by atoms with E-state index in [1.807, 2.05) is 0 Å². The molecule has 1 unspecified atom stereocenters. The number of hydrogen-bond donors (Lipinski definition) is 3. The van der Waals surface area contributed by atoms with Crippen molar-refractivity contribution in [2.24, 2.45) is 5.73 Å². The van der Waals surface area contributed by atoms with Gasteiger partial charge in [0.2, 0.25) is 5.91 Å². The van der Waals surface area contributed by atoms with Crippen LogP contribution in [0.3, 0.4) is 0 Å². The van der Waals surface area contributed by atoms with E-state index in [1.54, 1.807) is 24.3 Å². The Balaban J connectivity index is 2.09. The molecular formula is C16H14ClN3O4. The van der Waals surface area contributed by atoms with Gasteiger partial charge in [0, 0.05) is 17.6 Å². The molecule has 0 saturated heterocycles. The molecule has 1 atom stereocenters. The molecule has 0 saturated carbocycles. The predicted molar refractivity (Wildman–Crippen MR) is 86.8 cm³/mol. The van der Waals surface area contributed by atoms with Crippen molar-refractivity contribution in [3.05, 3.63) is 64.4 Å². The second kappa shape index (κ2) is 7.56. The number of pyridine rings is 1. The number of amides is 2. The lowest BCUT2D eigenvalue weighted by atomic mass is 10.1. The van der Waals surface area contributed by atoms with Crippen molar-refractivity contribution in [3.8, 4) is 0 Å². The van der Waals surface area contributed by atoms with Gasteiger partial charge < -0.3 is 16.2 Å². The smallest absolute Gasteiger partial charge is 0.354 e. The van der Waals surface area contributed by atoms with E-state index in [2.05, 4.69) is 10.3 Å². The summed E-state index contributed by atoms with van der Waals surface area (Å²) in [7, 11) is 0. The van der Waals surface area contributed by atoms with Crippen LogP contribution in [0.25, 0.3) is 0 Å². The Morgan fingerprint density at radius 2 is 1.83 bits per heavy atom. The van der Waals surface area contributed by atoms with Crippen molar-refractivity contribution in [2.45, 2.75) is 12.5 Å². The van der Waals surface area contributed by atoms with Gasteiger partial charge in [-0.15, -0.1) is 0 Å². The SMILES string of the molecule is NC(=O)C(Cc1ccc(Cl)cc1)NC(=O)c1ccc(C(=O)O)nc1. The molecule has 8 heteroatoms. The lowest BCUT2D eigenvalue weighted by Gasteiger charge is -2.15. The van der Waals surface area contributed by atoms with Gasteiger partial charge in [0.15, 0.2) is 0 Å². The third-order valence-electron chi connectivity index (χ3n) is 3.25. The van der Waals surface area contributed by atoms with Crippen LogP contribution in [-0.4, -0.2) is 33.9 Å². The largest absolute Gasteiger partial charge is 0.477 e. The summed E-state index contributed by atoms with van der Waals surface area (Å²) in [6.45, 7) is 0. The summed E-state index contributed by atoms with van der Waals surface area (Å²) >= 11 is 5.80. The van der Waals surface area contributed by atoms with Crippen LogP contribution in [0, 0.1) is 0 Å². The summed E-state index contributed by atoms with van der Waals surface area (Å²) in [5, 5.41) is 11.9. The maximum absolute atomic E-state index is 12.2. The van der Waals surface area contributed by atoms with Crippen molar-refractivity contribution < 1.29 is 19.5 Å². The Kier molecular flexibility index (Phi) is 5.49. The van der Waals surface area contributed by atoms with E-state index in [9.17, 15) is 14.4 Å². The number of nitrogens with zero attached hydrogens (tertiary/aromatic N) is 1. The third-order valence-corrected chi connectivity index (χ3v) is 3.50. The second-order valence-corrected chi connectivity index (χ2v) is 5.43. The zero-order valence-electron chi connectivity index (χ0n) is 12.4. The van der Waals surface area contributed by atoms with Gasteiger partial charge in [0.25, 0.3) is 5.91 Å². The normalized spacial score (nSPS) is 11.5. The highest BCUT2D eigenvalue weighted by molar-refractivity contribution is 6.30. The number of carbonyl (C=O) groups excluding carboxylic acids is 2. The van der Waals surface area contributed by atoms with Crippen molar-refractivity contribution >= 4 is 29.4 Å². The summed E-state index contributed by atoms with van der Waals surface area (Å²) in [6.07, 6.45) is 1.33.